The van der Waals surface area contributed by atoms with Crippen molar-refractivity contribution in [1.29, 1.82) is 0 Å². The van der Waals surface area contributed by atoms with E-state index >= 15 is 0 Å². The first-order valence-electron chi connectivity index (χ1n) is 9.20. The zero-order chi connectivity index (χ0) is 19.9. The maximum atomic E-state index is 13.5. The van der Waals surface area contributed by atoms with Crippen molar-refractivity contribution < 1.29 is 13.2 Å². The Hall–Kier alpha value is -1.60. The summed E-state index contributed by atoms with van der Waals surface area (Å²) in [6.45, 7) is 1.47. The summed E-state index contributed by atoms with van der Waals surface area (Å²) >= 11 is 12.2. The molecule has 148 valence electrons. The molecule has 0 spiro atoms. The highest BCUT2D eigenvalue weighted by molar-refractivity contribution is 7.89. The van der Waals surface area contributed by atoms with Gasteiger partial charge >= 0.3 is 0 Å². The number of nitrogens with zero attached hydrogens (tertiary/aromatic N) is 2. The fraction of sp³-hybridized carbons (Fsp3) is 0.350. The van der Waals surface area contributed by atoms with Crippen LogP contribution in [-0.2, 0) is 27.8 Å². The summed E-state index contributed by atoms with van der Waals surface area (Å²) in [5, 5.41) is 0.374. The summed E-state index contributed by atoms with van der Waals surface area (Å²) in [5.74, 6) is -0.145. The maximum Gasteiger partial charge on any atom is 0.245 e. The Labute approximate surface area is 174 Å². The van der Waals surface area contributed by atoms with E-state index in [4.69, 9.17) is 23.2 Å². The van der Waals surface area contributed by atoms with E-state index in [1.807, 2.05) is 24.3 Å². The van der Waals surface area contributed by atoms with Gasteiger partial charge in [0.2, 0.25) is 15.9 Å². The molecule has 2 heterocycles. The van der Waals surface area contributed by atoms with Gasteiger partial charge in [-0.1, -0.05) is 47.5 Å². The molecule has 1 amide bonds. The molecular formula is C20H20Cl2N2O3S. The highest BCUT2D eigenvalue weighted by atomic mass is 35.5. The van der Waals surface area contributed by atoms with Crippen molar-refractivity contribution in [1.82, 2.24) is 9.21 Å². The molecule has 0 aliphatic carbocycles. The predicted molar refractivity (Wildman–Crippen MR) is 109 cm³/mol. The van der Waals surface area contributed by atoms with E-state index in [2.05, 4.69) is 0 Å². The number of carbonyl (C=O) groups is 1. The number of amides is 1. The average Bonchev–Trinajstić information content (AvgIpc) is 3.23. The topological polar surface area (TPSA) is 57.7 Å². The van der Waals surface area contributed by atoms with Gasteiger partial charge in [-0.3, -0.25) is 4.79 Å². The van der Waals surface area contributed by atoms with Gasteiger partial charge in [0.05, 0.1) is 5.02 Å². The van der Waals surface area contributed by atoms with Crippen LogP contribution in [0.25, 0.3) is 0 Å². The lowest BCUT2D eigenvalue weighted by Crippen LogP contribution is -2.53. The van der Waals surface area contributed by atoms with Gasteiger partial charge in [-0.05, 0) is 48.6 Å². The highest BCUT2D eigenvalue weighted by Gasteiger charge is 2.42. The molecule has 1 unspecified atom stereocenters. The van der Waals surface area contributed by atoms with Gasteiger partial charge in [0, 0.05) is 24.7 Å². The molecule has 0 radical (unpaired) electrons. The number of likely N-dealkylation sites (tertiary alicyclic amines) is 1. The minimum absolute atomic E-state index is 0.0692. The number of halogens is 2. The van der Waals surface area contributed by atoms with Crippen LogP contribution in [0.15, 0.2) is 47.4 Å². The van der Waals surface area contributed by atoms with Crippen LogP contribution >= 0.6 is 23.2 Å². The summed E-state index contributed by atoms with van der Waals surface area (Å²) < 4.78 is 28.3. The van der Waals surface area contributed by atoms with E-state index in [1.165, 1.54) is 16.4 Å². The molecule has 0 bridgehead atoms. The molecule has 8 heteroatoms. The number of rotatable bonds is 3. The lowest BCUT2D eigenvalue weighted by Gasteiger charge is -2.37. The van der Waals surface area contributed by atoms with Gasteiger partial charge in [0.25, 0.3) is 0 Å². The number of fused-ring (bicyclic) bond motifs is 1. The Morgan fingerprint density at radius 3 is 2.39 bits per heavy atom. The normalized spacial score (nSPS) is 20.2. The van der Waals surface area contributed by atoms with Crippen LogP contribution < -0.4 is 0 Å². The average molecular weight is 439 g/mol. The minimum atomic E-state index is -4.01. The molecule has 1 saturated heterocycles. The smallest absolute Gasteiger partial charge is 0.245 e. The number of sulfonamides is 1. The van der Waals surface area contributed by atoms with Crippen molar-refractivity contribution in [2.45, 2.75) is 36.7 Å². The van der Waals surface area contributed by atoms with Crippen LogP contribution in [-0.4, -0.2) is 42.7 Å². The Bertz CT molecular complexity index is 1020. The second-order valence-corrected chi connectivity index (χ2v) is 9.85. The first-order chi connectivity index (χ1) is 13.4. The monoisotopic (exact) mass is 438 g/mol. The van der Waals surface area contributed by atoms with E-state index in [0.29, 0.717) is 19.5 Å². The molecule has 0 saturated carbocycles. The van der Waals surface area contributed by atoms with Gasteiger partial charge < -0.3 is 4.90 Å². The van der Waals surface area contributed by atoms with E-state index in [0.717, 1.165) is 24.0 Å². The Kier molecular flexibility index (Phi) is 5.40. The van der Waals surface area contributed by atoms with Crippen LogP contribution in [0.2, 0.25) is 10.0 Å². The SMILES string of the molecule is O=C(C1Cc2ccccc2CN1S(=O)(=O)c1cc(Cl)ccc1Cl)N1CCCC1. The summed E-state index contributed by atoms with van der Waals surface area (Å²) in [4.78, 5) is 14.9. The fourth-order valence-corrected chi connectivity index (χ4v) is 6.21. The molecular weight excluding hydrogens is 419 g/mol. The Morgan fingerprint density at radius 1 is 1.00 bits per heavy atom. The summed E-state index contributed by atoms with van der Waals surface area (Å²) in [6, 6.07) is 11.2. The van der Waals surface area contributed by atoms with Crippen LogP contribution in [0.3, 0.4) is 0 Å². The van der Waals surface area contributed by atoms with Crippen molar-refractivity contribution in [2.24, 2.45) is 0 Å². The summed E-state index contributed by atoms with van der Waals surface area (Å²) in [6.07, 6.45) is 2.24. The van der Waals surface area contributed by atoms with Crippen molar-refractivity contribution in [2.75, 3.05) is 13.1 Å². The highest BCUT2D eigenvalue weighted by Crippen LogP contribution is 2.34. The van der Waals surface area contributed by atoms with Gasteiger partial charge in [-0.15, -0.1) is 0 Å². The zero-order valence-electron chi connectivity index (χ0n) is 15.1. The molecule has 2 aromatic rings. The quantitative estimate of drug-likeness (QED) is 0.733. The number of hydrogen-bond acceptors (Lipinski definition) is 3. The predicted octanol–water partition coefficient (Wildman–Crippen LogP) is 3.73. The third kappa shape index (κ3) is 3.54. The van der Waals surface area contributed by atoms with Crippen molar-refractivity contribution in [3.63, 3.8) is 0 Å². The van der Waals surface area contributed by atoms with E-state index in [9.17, 15) is 13.2 Å². The van der Waals surface area contributed by atoms with Crippen LogP contribution in [0.4, 0.5) is 0 Å². The van der Waals surface area contributed by atoms with Gasteiger partial charge in [0.1, 0.15) is 10.9 Å². The molecule has 2 aliphatic rings. The lowest BCUT2D eigenvalue weighted by molar-refractivity contribution is -0.134. The molecule has 4 rings (SSSR count). The molecule has 5 nitrogen and oxygen atoms in total. The lowest BCUT2D eigenvalue weighted by atomic mass is 9.95. The van der Waals surface area contributed by atoms with Gasteiger partial charge in [-0.25, -0.2) is 8.42 Å². The second kappa shape index (κ2) is 7.67. The van der Waals surface area contributed by atoms with Crippen molar-refractivity contribution in [3.8, 4) is 0 Å². The van der Waals surface area contributed by atoms with Crippen LogP contribution in [0.5, 0.6) is 0 Å². The fourth-order valence-electron chi connectivity index (χ4n) is 3.91. The summed E-state index contributed by atoms with van der Waals surface area (Å²) in [7, 11) is -4.01. The van der Waals surface area contributed by atoms with Crippen molar-refractivity contribution >= 4 is 39.1 Å². The van der Waals surface area contributed by atoms with Gasteiger partial charge in [0.15, 0.2) is 0 Å². The standard InChI is InChI=1S/C20H20Cl2N2O3S/c21-16-7-8-17(22)19(12-16)28(26,27)24-13-15-6-2-1-5-14(15)11-18(24)20(25)23-9-3-4-10-23/h1-2,5-8,12,18H,3-4,9-11,13H2. The summed E-state index contributed by atoms with van der Waals surface area (Å²) in [5.41, 5.74) is 1.90. The first kappa shape index (κ1) is 19.7. The third-order valence-electron chi connectivity index (χ3n) is 5.39. The third-order valence-corrected chi connectivity index (χ3v) is 7.96. The molecule has 0 N–H and O–H groups in total. The number of benzene rings is 2. The van der Waals surface area contributed by atoms with Crippen LogP contribution in [0, 0.1) is 0 Å². The number of carbonyl (C=O) groups excluding carboxylic acids is 1. The zero-order valence-corrected chi connectivity index (χ0v) is 17.5. The van der Waals surface area contributed by atoms with E-state index < -0.39 is 16.1 Å². The Morgan fingerprint density at radius 2 is 1.68 bits per heavy atom. The molecule has 2 aliphatic heterocycles. The first-order valence-corrected chi connectivity index (χ1v) is 11.4. The maximum absolute atomic E-state index is 13.5. The molecule has 28 heavy (non-hydrogen) atoms. The van der Waals surface area contributed by atoms with E-state index in [1.54, 1.807) is 11.0 Å². The van der Waals surface area contributed by atoms with Crippen LogP contribution in [0.1, 0.15) is 24.0 Å². The molecule has 1 atom stereocenters. The van der Waals surface area contributed by atoms with Gasteiger partial charge in [-0.2, -0.15) is 4.31 Å². The largest absolute Gasteiger partial charge is 0.341 e. The molecule has 0 aromatic heterocycles. The minimum Gasteiger partial charge on any atom is -0.341 e. The second-order valence-electron chi connectivity index (χ2n) is 7.15. The molecule has 2 aromatic carbocycles. The van der Waals surface area contributed by atoms with E-state index in [-0.39, 0.29) is 27.4 Å². The Balaban J connectivity index is 1.79. The van der Waals surface area contributed by atoms with Crippen molar-refractivity contribution in [3.05, 3.63) is 63.6 Å². The molecule has 1 fully saturated rings. The number of hydrogen-bond donors (Lipinski definition) is 0.